The molecule has 0 atom stereocenters. The molecular formula is C13H17NO2. The summed E-state index contributed by atoms with van der Waals surface area (Å²) in [6, 6.07) is 10.5. The molecule has 2 heterocycles. The van der Waals surface area contributed by atoms with E-state index < -0.39 is 0 Å². The van der Waals surface area contributed by atoms with Gasteiger partial charge in [0.1, 0.15) is 0 Å². The van der Waals surface area contributed by atoms with E-state index in [-0.39, 0.29) is 5.79 Å². The Kier molecular flexibility index (Phi) is 2.58. The molecule has 0 aromatic heterocycles. The largest absolute Gasteiger partial charge is 0.371 e. The van der Waals surface area contributed by atoms with E-state index in [1.54, 1.807) is 0 Å². The van der Waals surface area contributed by atoms with E-state index >= 15 is 0 Å². The highest BCUT2D eigenvalue weighted by atomic mass is 16.7. The molecule has 0 unspecified atom stereocenters. The normalized spacial score (nSPS) is 23.9. The van der Waals surface area contributed by atoms with Crippen LogP contribution < -0.4 is 4.90 Å². The molecule has 3 heteroatoms. The van der Waals surface area contributed by atoms with Gasteiger partial charge < -0.3 is 14.4 Å². The summed E-state index contributed by atoms with van der Waals surface area (Å²) >= 11 is 0. The molecule has 0 saturated carbocycles. The molecule has 1 spiro atoms. The van der Waals surface area contributed by atoms with Crippen molar-refractivity contribution >= 4 is 5.69 Å². The van der Waals surface area contributed by atoms with Crippen molar-refractivity contribution in [2.24, 2.45) is 0 Å². The van der Waals surface area contributed by atoms with Crippen molar-refractivity contribution in [3.05, 3.63) is 30.3 Å². The molecule has 1 aromatic rings. The molecule has 2 fully saturated rings. The fourth-order valence-electron chi connectivity index (χ4n) is 2.53. The number of hydrogen-bond donors (Lipinski definition) is 0. The monoisotopic (exact) mass is 219 g/mol. The van der Waals surface area contributed by atoms with Crippen molar-refractivity contribution in [2.45, 2.75) is 18.6 Å². The van der Waals surface area contributed by atoms with Gasteiger partial charge in [-0.25, -0.2) is 0 Å². The van der Waals surface area contributed by atoms with Crippen LogP contribution in [0, 0.1) is 0 Å². The molecule has 0 amide bonds. The van der Waals surface area contributed by atoms with Gasteiger partial charge in [0.15, 0.2) is 5.79 Å². The molecule has 2 aliphatic heterocycles. The molecule has 86 valence electrons. The van der Waals surface area contributed by atoms with Crippen LogP contribution in [0.5, 0.6) is 0 Å². The van der Waals surface area contributed by atoms with Crippen LogP contribution in [0.15, 0.2) is 30.3 Å². The summed E-state index contributed by atoms with van der Waals surface area (Å²) < 4.78 is 11.4. The van der Waals surface area contributed by atoms with Crippen LogP contribution in [0.2, 0.25) is 0 Å². The van der Waals surface area contributed by atoms with Crippen LogP contribution >= 0.6 is 0 Å². The first kappa shape index (κ1) is 10.1. The fourth-order valence-corrected chi connectivity index (χ4v) is 2.53. The van der Waals surface area contributed by atoms with Gasteiger partial charge >= 0.3 is 0 Å². The Morgan fingerprint density at radius 3 is 2.19 bits per heavy atom. The van der Waals surface area contributed by atoms with E-state index in [1.165, 1.54) is 5.69 Å². The zero-order valence-electron chi connectivity index (χ0n) is 9.39. The van der Waals surface area contributed by atoms with Crippen molar-refractivity contribution in [2.75, 3.05) is 31.2 Å². The van der Waals surface area contributed by atoms with E-state index in [0.717, 1.165) is 39.1 Å². The van der Waals surface area contributed by atoms with Crippen LogP contribution in [0.4, 0.5) is 5.69 Å². The zero-order valence-corrected chi connectivity index (χ0v) is 9.39. The quantitative estimate of drug-likeness (QED) is 0.721. The lowest BCUT2D eigenvalue weighted by atomic mass is 10.0. The van der Waals surface area contributed by atoms with Gasteiger partial charge in [0.2, 0.25) is 0 Å². The minimum Gasteiger partial charge on any atom is -0.371 e. The van der Waals surface area contributed by atoms with E-state index in [1.807, 2.05) is 0 Å². The van der Waals surface area contributed by atoms with Gasteiger partial charge in [-0.05, 0) is 12.1 Å². The summed E-state index contributed by atoms with van der Waals surface area (Å²) in [6.45, 7) is 3.55. The Hall–Kier alpha value is -1.06. The molecule has 2 saturated heterocycles. The standard InChI is InChI=1S/C13H17NO2/c1-2-4-12(5-3-1)14-8-6-13(7-9-14)15-10-11-16-13/h1-5H,6-11H2. The lowest BCUT2D eigenvalue weighted by Gasteiger charge is -2.38. The third kappa shape index (κ3) is 1.81. The minimum atomic E-state index is -0.259. The van der Waals surface area contributed by atoms with Gasteiger partial charge in [-0.3, -0.25) is 0 Å². The van der Waals surface area contributed by atoms with Crippen molar-refractivity contribution < 1.29 is 9.47 Å². The number of nitrogens with zero attached hydrogens (tertiary/aromatic N) is 1. The van der Waals surface area contributed by atoms with Crippen LogP contribution in [0.1, 0.15) is 12.8 Å². The topological polar surface area (TPSA) is 21.7 Å². The highest BCUT2D eigenvalue weighted by Crippen LogP contribution is 2.32. The van der Waals surface area contributed by atoms with Gasteiger partial charge in [0.05, 0.1) is 13.2 Å². The third-order valence-corrected chi connectivity index (χ3v) is 3.46. The number of benzene rings is 1. The van der Waals surface area contributed by atoms with Gasteiger partial charge in [-0.1, -0.05) is 18.2 Å². The second-order valence-electron chi connectivity index (χ2n) is 4.43. The van der Waals surface area contributed by atoms with Crippen molar-refractivity contribution in [1.29, 1.82) is 0 Å². The van der Waals surface area contributed by atoms with Crippen molar-refractivity contribution in [3.8, 4) is 0 Å². The molecule has 3 nitrogen and oxygen atoms in total. The lowest BCUT2D eigenvalue weighted by Crippen LogP contribution is -2.45. The summed E-state index contributed by atoms with van der Waals surface area (Å²) in [5.74, 6) is -0.259. The van der Waals surface area contributed by atoms with Gasteiger partial charge in [0, 0.05) is 31.6 Å². The third-order valence-electron chi connectivity index (χ3n) is 3.46. The second kappa shape index (κ2) is 4.07. The highest BCUT2D eigenvalue weighted by Gasteiger charge is 2.39. The molecule has 3 rings (SSSR count). The Balaban J connectivity index is 1.66. The Morgan fingerprint density at radius 1 is 0.938 bits per heavy atom. The molecule has 0 N–H and O–H groups in total. The average molecular weight is 219 g/mol. The first-order chi connectivity index (χ1) is 7.88. The van der Waals surface area contributed by atoms with Crippen molar-refractivity contribution in [3.63, 3.8) is 0 Å². The highest BCUT2D eigenvalue weighted by molar-refractivity contribution is 5.46. The molecule has 0 aliphatic carbocycles. The van der Waals surface area contributed by atoms with Crippen LogP contribution in [-0.4, -0.2) is 32.1 Å². The van der Waals surface area contributed by atoms with Crippen LogP contribution in [0.3, 0.4) is 0 Å². The summed E-state index contributed by atoms with van der Waals surface area (Å²) in [6.07, 6.45) is 1.95. The predicted octanol–water partition coefficient (Wildman–Crippen LogP) is 2.03. The Labute approximate surface area is 96.0 Å². The number of hydrogen-bond acceptors (Lipinski definition) is 3. The Morgan fingerprint density at radius 2 is 1.56 bits per heavy atom. The first-order valence-electron chi connectivity index (χ1n) is 5.96. The van der Waals surface area contributed by atoms with Gasteiger partial charge in [0.25, 0.3) is 0 Å². The minimum absolute atomic E-state index is 0.259. The SMILES string of the molecule is c1ccc(N2CCC3(CC2)OCCO3)cc1. The summed E-state index contributed by atoms with van der Waals surface area (Å²) in [4.78, 5) is 2.40. The zero-order chi connectivity index (χ0) is 10.8. The van der Waals surface area contributed by atoms with Crippen LogP contribution in [-0.2, 0) is 9.47 Å². The molecule has 0 radical (unpaired) electrons. The maximum absolute atomic E-state index is 5.72. The Bertz CT molecular complexity index is 336. The summed E-state index contributed by atoms with van der Waals surface area (Å²) in [5, 5.41) is 0. The second-order valence-corrected chi connectivity index (χ2v) is 4.43. The maximum atomic E-state index is 5.72. The van der Waals surface area contributed by atoms with E-state index in [2.05, 4.69) is 35.2 Å². The van der Waals surface area contributed by atoms with E-state index in [4.69, 9.17) is 9.47 Å². The van der Waals surface area contributed by atoms with E-state index in [0.29, 0.717) is 0 Å². The summed E-state index contributed by atoms with van der Waals surface area (Å²) in [7, 11) is 0. The predicted molar refractivity (Wildman–Crippen MR) is 62.5 cm³/mol. The van der Waals surface area contributed by atoms with Gasteiger partial charge in [-0.2, -0.15) is 0 Å². The number of ether oxygens (including phenoxy) is 2. The maximum Gasteiger partial charge on any atom is 0.171 e. The average Bonchev–Trinajstić information content (AvgIpc) is 2.80. The molecule has 2 aliphatic rings. The number of rotatable bonds is 1. The van der Waals surface area contributed by atoms with Crippen molar-refractivity contribution in [1.82, 2.24) is 0 Å². The molecule has 1 aromatic carbocycles. The number of anilines is 1. The number of para-hydroxylation sites is 1. The van der Waals surface area contributed by atoms with Crippen LogP contribution in [0.25, 0.3) is 0 Å². The van der Waals surface area contributed by atoms with E-state index in [9.17, 15) is 0 Å². The fraction of sp³-hybridized carbons (Fsp3) is 0.538. The lowest BCUT2D eigenvalue weighted by molar-refractivity contribution is -0.169. The summed E-state index contributed by atoms with van der Waals surface area (Å²) in [5.41, 5.74) is 1.30. The van der Waals surface area contributed by atoms with Gasteiger partial charge in [-0.15, -0.1) is 0 Å². The molecule has 16 heavy (non-hydrogen) atoms. The smallest absolute Gasteiger partial charge is 0.171 e. The molecule has 0 bridgehead atoms. The number of piperidine rings is 1. The first-order valence-corrected chi connectivity index (χ1v) is 5.96. The molecular weight excluding hydrogens is 202 g/mol.